The predicted octanol–water partition coefficient (Wildman–Crippen LogP) is 3.61. The van der Waals surface area contributed by atoms with Crippen LogP contribution in [0.25, 0.3) is 0 Å². The van der Waals surface area contributed by atoms with Gasteiger partial charge in [-0.05, 0) is 50.3 Å². The third-order valence-corrected chi connectivity index (χ3v) is 3.43. The lowest BCUT2D eigenvalue weighted by atomic mass is 10.1. The summed E-state index contributed by atoms with van der Waals surface area (Å²) in [4.78, 5) is 26.4. The molecule has 0 fully saturated rings. The summed E-state index contributed by atoms with van der Waals surface area (Å²) in [5, 5.41) is 0.572. The van der Waals surface area contributed by atoms with Crippen molar-refractivity contribution < 1.29 is 19.1 Å². The Bertz CT molecular complexity index is 704. The molecule has 1 aromatic rings. The second kappa shape index (κ2) is 8.36. The van der Waals surface area contributed by atoms with Crippen molar-refractivity contribution in [2.24, 2.45) is 0 Å². The lowest BCUT2D eigenvalue weighted by molar-refractivity contribution is -0.141. The number of hydrogen-bond acceptors (Lipinski definition) is 5. The third-order valence-electron chi connectivity index (χ3n) is 3.17. The van der Waals surface area contributed by atoms with Crippen LogP contribution in [0.1, 0.15) is 13.8 Å². The molecule has 2 rings (SSSR count). The van der Waals surface area contributed by atoms with Crippen molar-refractivity contribution in [1.82, 2.24) is 0 Å². The van der Waals surface area contributed by atoms with Crippen LogP contribution >= 0.6 is 11.6 Å². The highest BCUT2D eigenvalue weighted by Gasteiger charge is 2.27. The zero-order valence-electron chi connectivity index (χ0n) is 13.5. The van der Waals surface area contributed by atoms with Gasteiger partial charge >= 0.3 is 11.9 Å². The Morgan fingerprint density at radius 3 is 2.25 bits per heavy atom. The Balaban J connectivity index is 2.57. The molecule has 0 spiro atoms. The van der Waals surface area contributed by atoms with Gasteiger partial charge in [-0.25, -0.2) is 9.59 Å². The Kier molecular flexibility index (Phi) is 6.21. The SMILES string of the molecule is CCOC(=O)C1=C(C(=O)OCC)N(c2ccc(Cl)cc2)C=CC=C1. The average Bonchev–Trinajstić information content (AvgIpc) is 2.79. The van der Waals surface area contributed by atoms with Crippen LogP contribution in [-0.2, 0) is 19.1 Å². The highest BCUT2D eigenvalue weighted by atomic mass is 35.5. The molecule has 5 nitrogen and oxygen atoms in total. The molecule has 0 atom stereocenters. The van der Waals surface area contributed by atoms with Crippen LogP contribution in [0.3, 0.4) is 0 Å². The van der Waals surface area contributed by atoms with Crippen LogP contribution in [0.2, 0.25) is 5.02 Å². The molecule has 0 saturated heterocycles. The number of anilines is 1. The maximum absolute atomic E-state index is 12.5. The van der Waals surface area contributed by atoms with Crippen molar-refractivity contribution in [3.8, 4) is 0 Å². The molecule has 6 heteroatoms. The molecule has 24 heavy (non-hydrogen) atoms. The molecule has 126 valence electrons. The number of benzene rings is 1. The summed E-state index contributed by atoms with van der Waals surface area (Å²) < 4.78 is 10.2. The number of hydrogen-bond donors (Lipinski definition) is 0. The predicted molar refractivity (Wildman–Crippen MR) is 92.5 cm³/mol. The van der Waals surface area contributed by atoms with E-state index in [9.17, 15) is 9.59 Å². The van der Waals surface area contributed by atoms with Crippen molar-refractivity contribution >= 4 is 29.2 Å². The molecule has 0 aliphatic carbocycles. The van der Waals surface area contributed by atoms with Gasteiger partial charge in [0, 0.05) is 16.9 Å². The number of halogens is 1. The smallest absolute Gasteiger partial charge is 0.356 e. The Hall–Kier alpha value is -2.53. The first-order valence-electron chi connectivity index (χ1n) is 7.56. The summed E-state index contributed by atoms with van der Waals surface area (Å²) >= 11 is 5.93. The van der Waals surface area contributed by atoms with E-state index in [2.05, 4.69) is 0 Å². The quantitative estimate of drug-likeness (QED) is 0.761. The number of carbonyl (C=O) groups excluding carboxylic acids is 2. The number of esters is 2. The summed E-state index contributed by atoms with van der Waals surface area (Å²) in [6.45, 7) is 3.82. The fourth-order valence-electron chi connectivity index (χ4n) is 2.17. The fourth-order valence-corrected chi connectivity index (χ4v) is 2.29. The maximum atomic E-state index is 12.5. The molecule has 0 radical (unpaired) electrons. The van der Waals surface area contributed by atoms with E-state index in [0.29, 0.717) is 10.7 Å². The normalized spacial score (nSPS) is 13.7. The van der Waals surface area contributed by atoms with Crippen LogP contribution in [0.5, 0.6) is 0 Å². The molecular formula is C18H18ClNO4. The van der Waals surface area contributed by atoms with Crippen molar-refractivity contribution in [1.29, 1.82) is 0 Å². The first kappa shape index (κ1) is 17.8. The van der Waals surface area contributed by atoms with Crippen LogP contribution < -0.4 is 4.90 Å². The Morgan fingerprint density at radius 2 is 1.62 bits per heavy atom. The third kappa shape index (κ3) is 4.06. The van der Waals surface area contributed by atoms with Gasteiger partial charge < -0.3 is 14.4 Å². The average molecular weight is 348 g/mol. The summed E-state index contributed by atoms with van der Waals surface area (Å²) in [6, 6.07) is 6.91. The highest BCUT2D eigenvalue weighted by Crippen LogP contribution is 2.27. The van der Waals surface area contributed by atoms with Crippen LogP contribution in [0, 0.1) is 0 Å². The summed E-state index contributed by atoms with van der Waals surface area (Å²) in [7, 11) is 0. The van der Waals surface area contributed by atoms with Crippen molar-refractivity contribution in [3.63, 3.8) is 0 Å². The van der Waals surface area contributed by atoms with Gasteiger partial charge in [0.15, 0.2) is 0 Å². The Morgan fingerprint density at radius 1 is 1.00 bits per heavy atom. The number of ether oxygens (including phenoxy) is 2. The number of carbonyl (C=O) groups is 2. The number of rotatable bonds is 5. The van der Waals surface area contributed by atoms with E-state index in [1.165, 1.54) is 6.08 Å². The van der Waals surface area contributed by atoms with E-state index in [0.717, 1.165) is 0 Å². The molecule has 0 bridgehead atoms. The first-order valence-corrected chi connectivity index (χ1v) is 7.94. The van der Waals surface area contributed by atoms with Gasteiger partial charge in [0.25, 0.3) is 0 Å². The molecule has 0 saturated carbocycles. The van der Waals surface area contributed by atoms with Crippen molar-refractivity contribution in [2.45, 2.75) is 13.8 Å². The largest absolute Gasteiger partial charge is 0.462 e. The number of allylic oxidation sites excluding steroid dienone is 2. The molecular weight excluding hydrogens is 330 g/mol. The summed E-state index contributed by atoms with van der Waals surface area (Å²) in [5.41, 5.74) is 0.905. The van der Waals surface area contributed by atoms with Crippen LogP contribution in [0.4, 0.5) is 5.69 Å². The molecule has 1 aromatic carbocycles. The minimum atomic E-state index is -0.605. The van der Waals surface area contributed by atoms with Crippen molar-refractivity contribution in [3.05, 3.63) is 65.0 Å². The van der Waals surface area contributed by atoms with E-state index in [4.69, 9.17) is 21.1 Å². The van der Waals surface area contributed by atoms with Gasteiger partial charge in [-0.2, -0.15) is 0 Å². The number of nitrogens with zero attached hydrogens (tertiary/aromatic N) is 1. The van der Waals surface area contributed by atoms with Gasteiger partial charge in [0.05, 0.1) is 18.8 Å². The molecule has 0 aromatic heterocycles. The molecule has 0 N–H and O–H groups in total. The monoisotopic (exact) mass is 347 g/mol. The molecule has 1 heterocycles. The Labute approximate surface area is 145 Å². The zero-order chi connectivity index (χ0) is 17.5. The zero-order valence-corrected chi connectivity index (χ0v) is 14.2. The van der Waals surface area contributed by atoms with Gasteiger partial charge in [0.1, 0.15) is 5.70 Å². The standard InChI is InChI=1S/C18H18ClNO4/c1-3-23-17(21)15-7-5-6-12-20(16(15)18(22)24-4-2)14-10-8-13(19)9-11-14/h5-12H,3-4H2,1-2H3. The summed E-state index contributed by atoms with van der Waals surface area (Å²) in [5.74, 6) is -1.19. The van der Waals surface area contributed by atoms with Gasteiger partial charge in [-0.15, -0.1) is 0 Å². The fraction of sp³-hybridized carbons (Fsp3) is 0.222. The van der Waals surface area contributed by atoms with Gasteiger partial charge in [-0.3, -0.25) is 0 Å². The molecule has 1 aliphatic heterocycles. The molecule has 0 amide bonds. The lowest BCUT2D eigenvalue weighted by Crippen LogP contribution is -2.27. The van der Waals surface area contributed by atoms with E-state index < -0.39 is 11.9 Å². The molecule has 1 aliphatic rings. The van der Waals surface area contributed by atoms with Crippen molar-refractivity contribution in [2.75, 3.05) is 18.1 Å². The van der Waals surface area contributed by atoms with Crippen LogP contribution in [0.15, 0.2) is 60.0 Å². The second-order valence-electron chi connectivity index (χ2n) is 4.75. The van der Waals surface area contributed by atoms with E-state index in [1.54, 1.807) is 61.4 Å². The van der Waals surface area contributed by atoms with Gasteiger partial charge in [-0.1, -0.05) is 17.7 Å². The minimum absolute atomic E-state index is 0.0997. The minimum Gasteiger partial charge on any atom is -0.462 e. The maximum Gasteiger partial charge on any atom is 0.356 e. The summed E-state index contributed by atoms with van der Waals surface area (Å²) in [6.07, 6.45) is 6.61. The van der Waals surface area contributed by atoms with Crippen LogP contribution in [-0.4, -0.2) is 25.2 Å². The molecule has 0 unspecified atom stereocenters. The van der Waals surface area contributed by atoms with E-state index in [-0.39, 0.29) is 24.5 Å². The topological polar surface area (TPSA) is 55.8 Å². The van der Waals surface area contributed by atoms with E-state index >= 15 is 0 Å². The van der Waals surface area contributed by atoms with Gasteiger partial charge in [0.2, 0.25) is 0 Å². The first-order chi connectivity index (χ1) is 11.6. The van der Waals surface area contributed by atoms with E-state index in [1.807, 2.05) is 0 Å². The second-order valence-corrected chi connectivity index (χ2v) is 5.19. The lowest BCUT2D eigenvalue weighted by Gasteiger charge is -2.23. The highest BCUT2D eigenvalue weighted by molar-refractivity contribution is 6.30.